The molecule has 1 aromatic rings. The number of aryl methyl sites for hydroxylation is 1. The highest BCUT2D eigenvalue weighted by Crippen LogP contribution is 2.29. The van der Waals surface area contributed by atoms with E-state index in [2.05, 4.69) is 0 Å². The molecule has 3 nitrogen and oxygen atoms in total. The minimum Gasteiger partial charge on any atom is -0.490 e. The van der Waals surface area contributed by atoms with Gasteiger partial charge in [-0.3, -0.25) is 0 Å². The molecule has 0 heterocycles. The van der Waals surface area contributed by atoms with Crippen molar-refractivity contribution in [3.8, 4) is 11.5 Å². The van der Waals surface area contributed by atoms with Crippen molar-refractivity contribution in [1.82, 2.24) is 0 Å². The van der Waals surface area contributed by atoms with Gasteiger partial charge in [-0.1, -0.05) is 6.07 Å². The lowest BCUT2D eigenvalue weighted by atomic mass is 10.1. The standard InChI is InChI=1S/C15H22O3/c1-4-17-14-10-9-13(8-6-7-12(3)16)11-15(14)18-5-2/h9-11H,4-8H2,1-3H3. The highest BCUT2D eigenvalue weighted by molar-refractivity contribution is 5.75. The van der Waals surface area contributed by atoms with Crippen LogP contribution >= 0.6 is 0 Å². The molecule has 0 bridgehead atoms. The fourth-order valence-electron chi connectivity index (χ4n) is 1.79. The highest BCUT2D eigenvalue weighted by atomic mass is 16.5. The molecule has 3 heteroatoms. The summed E-state index contributed by atoms with van der Waals surface area (Å²) in [6.07, 6.45) is 2.41. The smallest absolute Gasteiger partial charge is 0.161 e. The molecule has 1 aromatic carbocycles. The molecule has 0 N–H and O–H groups in total. The number of hydrogen-bond acceptors (Lipinski definition) is 3. The second-order valence-corrected chi connectivity index (χ2v) is 4.20. The molecule has 0 unspecified atom stereocenters. The van der Waals surface area contributed by atoms with Crippen LogP contribution in [0.1, 0.15) is 39.2 Å². The van der Waals surface area contributed by atoms with E-state index in [1.807, 2.05) is 32.0 Å². The first-order valence-corrected chi connectivity index (χ1v) is 6.55. The summed E-state index contributed by atoms with van der Waals surface area (Å²) in [7, 11) is 0. The molecule has 18 heavy (non-hydrogen) atoms. The quantitative estimate of drug-likeness (QED) is 0.709. The molecule has 0 aliphatic rings. The molecular weight excluding hydrogens is 228 g/mol. The van der Waals surface area contributed by atoms with E-state index in [1.165, 1.54) is 5.56 Å². The van der Waals surface area contributed by atoms with Crippen LogP contribution in [-0.2, 0) is 11.2 Å². The molecule has 0 radical (unpaired) electrons. The van der Waals surface area contributed by atoms with E-state index in [4.69, 9.17) is 9.47 Å². The van der Waals surface area contributed by atoms with Gasteiger partial charge in [0.15, 0.2) is 11.5 Å². The normalized spacial score (nSPS) is 10.2. The Morgan fingerprint density at radius 1 is 1.11 bits per heavy atom. The summed E-state index contributed by atoms with van der Waals surface area (Å²) in [5.74, 6) is 1.82. The molecule has 0 spiro atoms. The average molecular weight is 250 g/mol. The maximum atomic E-state index is 10.9. The number of Topliss-reactive ketones (excluding diaryl/α,β-unsaturated/α-hetero) is 1. The zero-order valence-electron chi connectivity index (χ0n) is 11.5. The van der Waals surface area contributed by atoms with Gasteiger partial charge in [-0.15, -0.1) is 0 Å². The monoisotopic (exact) mass is 250 g/mol. The predicted octanol–water partition coefficient (Wildman–Crippen LogP) is 3.40. The Balaban J connectivity index is 2.69. The third-order valence-corrected chi connectivity index (χ3v) is 2.60. The van der Waals surface area contributed by atoms with Gasteiger partial charge in [-0.2, -0.15) is 0 Å². The summed E-state index contributed by atoms with van der Waals surface area (Å²) < 4.78 is 11.1. The Morgan fingerprint density at radius 3 is 2.39 bits per heavy atom. The molecule has 0 saturated carbocycles. The summed E-state index contributed by atoms with van der Waals surface area (Å²) in [6, 6.07) is 5.99. The van der Waals surface area contributed by atoms with Crippen LogP contribution in [0.4, 0.5) is 0 Å². The number of ketones is 1. The van der Waals surface area contributed by atoms with Crippen LogP contribution in [0.3, 0.4) is 0 Å². The van der Waals surface area contributed by atoms with Crippen molar-refractivity contribution in [2.75, 3.05) is 13.2 Å². The maximum absolute atomic E-state index is 10.9. The number of hydrogen-bond donors (Lipinski definition) is 0. The van der Waals surface area contributed by atoms with Crippen molar-refractivity contribution >= 4 is 5.78 Å². The fraction of sp³-hybridized carbons (Fsp3) is 0.533. The van der Waals surface area contributed by atoms with Crippen LogP contribution in [0.2, 0.25) is 0 Å². The maximum Gasteiger partial charge on any atom is 0.161 e. The van der Waals surface area contributed by atoms with Gasteiger partial charge in [0.2, 0.25) is 0 Å². The van der Waals surface area contributed by atoms with E-state index < -0.39 is 0 Å². The Morgan fingerprint density at radius 2 is 1.78 bits per heavy atom. The molecule has 0 atom stereocenters. The van der Waals surface area contributed by atoms with E-state index >= 15 is 0 Å². The molecule has 100 valence electrons. The number of benzene rings is 1. The van der Waals surface area contributed by atoms with E-state index in [9.17, 15) is 4.79 Å². The topological polar surface area (TPSA) is 35.5 Å². The Labute approximate surface area is 109 Å². The van der Waals surface area contributed by atoms with Gasteiger partial charge < -0.3 is 14.3 Å². The molecule has 0 saturated heterocycles. The number of carbonyl (C=O) groups excluding carboxylic acids is 1. The summed E-state index contributed by atoms with van der Waals surface area (Å²) in [5.41, 5.74) is 1.18. The van der Waals surface area contributed by atoms with Crippen LogP contribution < -0.4 is 9.47 Å². The van der Waals surface area contributed by atoms with Gasteiger partial charge in [0.05, 0.1) is 13.2 Å². The molecule has 0 amide bonds. The van der Waals surface area contributed by atoms with E-state index in [-0.39, 0.29) is 5.78 Å². The van der Waals surface area contributed by atoms with Crippen molar-refractivity contribution in [2.24, 2.45) is 0 Å². The minimum absolute atomic E-state index is 0.242. The zero-order chi connectivity index (χ0) is 13.4. The SMILES string of the molecule is CCOc1ccc(CCCC(C)=O)cc1OCC. The third kappa shape index (κ3) is 4.78. The van der Waals surface area contributed by atoms with Gasteiger partial charge in [0.25, 0.3) is 0 Å². The molecule has 0 fully saturated rings. The summed E-state index contributed by atoms with van der Waals surface area (Å²) in [6.45, 7) is 6.79. The van der Waals surface area contributed by atoms with Crippen LogP contribution in [0, 0.1) is 0 Å². The van der Waals surface area contributed by atoms with Gasteiger partial charge in [0.1, 0.15) is 5.78 Å². The predicted molar refractivity (Wildman–Crippen MR) is 72.4 cm³/mol. The van der Waals surface area contributed by atoms with Crippen LogP contribution in [-0.4, -0.2) is 19.0 Å². The fourth-order valence-corrected chi connectivity index (χ4v) is 1.79. The summed E-state index contributed by atoms with van der Waals surface area (Å²) >= 11 is 0. The Kier molecular flexibility index (Phi) is 6.26. The summed E-state index contributed by atoms with van der Waals surface area (Å²) in [4.78, 5) is 10.9. The van der Waals surface area contributed by atoms with Crippen molar-refractivity contribution in [3.05, 3.63) is 23.8 Å². The Bertz CT molecular complexity index is 385. The highest BCUT2D eigenvalue weighted by Gasteiger charge is 2.06. The molecular formula is C15H22O3. The lowest BCUT2D eigenvalue weighted by molar-refractivity contribution is -0.117. The van der Waals surface area contributed by atoms with E-state index in [1.54, 1.807) is 6.92 Å². The molecule has 0 aliphatic heterocycles. The lowest BCUT2D eigenvalue weighted by Gasteiger charge is -2.12. The largest absolute Gasteiger partial charge is 0.490 e. The van der Waals surface area contributed by atoms with Gasteiger partial charge in [-0.05, 0) is 51.3 Å². The summed E-state index contributed by atoms with van der Waals surface area (Å²) in [5, 5.41) is 0. The van der Waals surface area contributed by atoms with Crippen molar-refractivity contribution in [2.45, 2.75) is 40.0 Å². The minimum atomic E-state index is 0.242. The van der Waals surface area contributed by atoms with Crippen LogP contribution in [0.25, 0.3) is 0 Å². The number of ether oxygens (including phenoxy) is 2. The zero-order valence-corrected chi connectivity index (χ0v) is 11.5. The van der Waals surface area contributed by atoms with Crippen molar-refractivity contribution in [1.29, 1.82) is 0 Å². The van der Waals surface area contributed by atoms with Gasteiger partial charge in [-0.25, -0.2) is 0 Å². The molecule has 0 aromatic heterocycles. The van der Waals surface area contributed by atoms with Crippen LogP contribution in [0.5, 0.6) is 11.5 Å². The average Bonchev–Trinajstić information content (AvgIpc) is 2.32. The van der Waals surface area contributed by atoms with Gasteiger partial charge >= 0.3 is 0 Å². The third-order valence-electron chi connectivity index (χ3n) is 2.60. The van der Waals surface area contributed by atoms with Crippen molar-refractivity contribution in [3.63, 3.8) is 0 Å². The first kappa shape index (κ1) is 14.6. The van der Waals surface area contributed by atoms with Gasteiger partial charge in [0, 0.05) is 6.42 Å². The van der Waals surface area contributed by atoms with Crippen LogP contribution in [0.15, 0.2) is 18.2 Å². The number of rotatable bonds is 8. The van der Waals surface area contributed by atoms with Crippen molar-refractivity contribution < 1.29 is 14.3 Å². The first-order valence-electron chi connectivity index (χ1n) is 6.55. The molecule has 1 rings (SSSR count). The lowest BCUT2D eigenvalue weighted by Crippen LogP contribution is -1.99. The second-order valence-electron chi connectivity index (χ2n) is 4.20. The first-order chi connectivity index (χ1) is 8.67. The molecule has 0 aliphatic carbocycles. The number of carbonyl (C=O) groups is 1. The van der Waals surface area contributed by atoms with E-state index in [0.29, 0.717) is 19.6 Å². The van der Waals surface area contributed by atoms with E-state index in [0.717, 1.165) is 24.3 Å². The second kappa shape index (κ2) is 7.75. The Hall–Kier alpha value is -1.51.